The van der Waals surface area contributed by atoms with E-state index in [1.165, 1.54) is 12.1 Å². The minimum Gasteiger partial charge on any atom is -0.383 e. The van der Waals surface area contributed by atoms with Crippen molar-refractivity contribution in [3.8, 4) is 11.4 Å². The molecule has 1 heterocycles. The summed E-state index contributed by atoms with van der Waals surface area (Å²) in [5, 5.41) is 10.9. The van der Waals surface area contributed by atoms with E-state index in [9.17, 15) is 10.1 Å². The summed E-state index contributed by atoms with van der Waals surface area (Å²) in [6.45, 7) is 6.11. The smallest absolute Gasteiger partial charge is 0.270 e. The van der Waals surface area contributed by atoms with Crippen LogP contribution in [0.4, 0.5) is 11.5 Å². The molecule has 21 heavy (non-hydrogen) atoms. The molecular formula is C14H15IN4O2. The number of nitrogen functional groups attached to an aromatic ring is 1. The first-order chi connectivity index (χ1) is 9.70. The van der Waals surface area contributed by atoms with Gasteiger partial charge in [-0.05, 0) is 22.6 Å². The van der Waals surface area contributed by atoms with Crippen molar-refractivity contribution >= 4 is 34.1 Å². The van der Waals surface area contributed by atoms with E-state index in [4.69, 9.17) is 5.73 Å². The van der Waals surface area contributed by atoms with Crippen LogP contribution in [0.5, 0.6) is 0 Å². The topological polar surface area (TPSA) is 94.9 Å². The zero-order chi connectivity index (χ0) is 15.8. The standard InChI is InChI=1S/C14H15IN4O2/c1-14(2,3)11-10(15)12(16)18-13(17-11)8-5-4-6-9(7-8)19(20)21/h4-7H,1-3H3,(H2,16,17,18). The molecule has 0 spiro atoms. The van der Waals surface area contributed by atoms with Crippen LogP contribution in [0, 0.1) is 13.7 Å². The predicted octanol–water partition coefficient (Wildman–Crippen LogP) is 3.54. The second kappa shape index (κ2) is 5.55. The molecule has 0 bridgehead atoms. The molecule has 0 amide bonds. The van der Waals surface area contributed by atoms with Crippen molar-refractivity contribution in [2.45, 2.75) is 26.2 Å². The van der Waals surface area contributed by atoms with Crippen LogP contribution in [0.3, 0.4) is 0 Å². The van der Waals surface area contributed by atoms with E-state index < -0.39 is 4.92 Å². The largest absolute Gasteiger partial charge is 0.383 e. The quantitative estimate of drug-likeness (QED) is 0.475. The maximum atomic E-state index is 10.9. The fourth-order valence-corrected chi connectivity index (χ4v) is 2.90. The van der Waals surface area contributed by atoms with Crippen LogP contribution in [0.1, 0.15) is 26.5 Å². The number of aromatic nitrogens is 2. The Hall–Kier alpha value is -1.77. The van der Waals surface area contributed by atoms with Crippen LogP contribution in [0.2, 0.25) is 0 Å². The van der Waals surface area contributed by atoms with Gasteiger partial charge in [-0.1, -0.05) is 32.9 Å². The first-order valence-corrected chi connectivity index (χ1v) is 7.36. The lowest BCUT2D eigenvalue weighted by Gasteiger charge is -2.20. The first kappa shape index (κ1) is 15.6. The van der Waals surface area contributed by atoms with E-state index in [-0.39, 0.29) is 11.1 Å². The number of nitro groups is 1. The van der Waals surface area contributed by atoms with Gasteiger partial charge in [0.2, 0.25) is 0 Å². The average Bonchev–Trinajstić information content (AvgIpc) is 2.40. The van der Waals surface area contributed by atoms with Gasteiger partial charge in [-0.25, -0.2) is 9.97 Å². The molecule has 2 N–H and O–H groups in total. The molecule has 0 saturated heterocycles. The van der Waals surface area contributed by atoms with E-state index in [2.05, 4.69) is 32.6 Å². The monoisotopic (exact) mass is 398 g/mol. The highest BCUT2D eigenvalue weighted by Gasteiger charge is 2.23. The van der Waals surface area contributed by atoms with Crippen LogP contribution in [0.25, 0.3) is 11.4 Å². The number of nitrogens with zero attached hydrogens (tertiary/aromatic N) is 3. The third-order valence-electron chi connectivity index (χ3n) is 2.90. The maximum Gasteiger partial charge on any atom is 0.270 e. The van der Waals surface area contributed by atoms with Crippen LogP contribution in [-0.2, 0) is 5.41 Å². The van der Waals surface area contributed by atoms with Crippen molar-refractivity contribution in [2.75, 3.05) is 5.73 Å². The number of rotatable bonds is 2. The van der Waals surface area contributed by atoms with E-state index in [0.29, 0.717) is 17.2 Å². The van der Waals surface area contributed by atoms with Crippen molar-refractivity contribution in [2.24, 2.45) is 0 Å². The second-order valence-corrected chi connectivity index (χ2v) is 6.73. The number of halogens is 1. The van der Waals surface area contributed by atoms with E-state index in [1.807, 2.05) is 20.8 Å². The lowest BCUT2D eigenvalue weighted by Crippen LogP contribution is -2.18. The Morgan fingerprint density at radius 3 is 2.52 bits per heavy atom. The second-order valence-electron chi connectivity index (χ2n) is 5.65. The van der Waals surface area contributed by atoms with Crippen molar-refractivity contribution in [3.05, 3.63) is 43.6 Å². The van der Waals surface area contributed by atoms with Gasteiger partial charge in [0.1, 0.15) is 5.82 Å². The van der Waals surface area contributed by atoms with Crippen molar-refractivity contribution in [1.82, 2.24) is 9.97 Å². The van der Waals surface area contributed by atoms with Crippen LogP contribution in [0.15, 0.2) is 24.3 Å². The highest BCUT2D eigenvalue weighted by Crippen LogP contribution is 2.31. The van der Waals surface area contributed by atoms with Crippen LogP contribution in [-0.4, -0.2) is 14.9 Å². The summed E-state index contributed by atoms with van der Waals surface area (Å²) in [7, 11) is 0. The van der Waals surface area contributed by atoms with E-state index in [1.54, 1.807) is 12.1 Å². The molecule has 0 aliphatic rings. The maximum absolute atomic E-state index is 10.9. The number of benzene rings is 1. The van der Waals surface area contributed by atoms with Crippen LogP contribution < -0.4 is 5.73 Å². The lowest BCUT2D eigenvalue weighted by molar-refractivity contribution is -0.384. The molecule has 0 unspecified atom stereocenters. The van der Waals surface area contributed by atoms with Crippen LogP contribution >= 0.6 is 22.6 Å². The Labute approximate surface area is 136 Å². The van der Waals surface area contributed by atoms with Crippen molar-refractivity contribution < 1.29 is 4.92 Å². The molecule has 1 aromatic carbocycles. The predicted molar refractivity (Wildman–Crippen MR) is 90.0 cm³/mol. The molecule has 110 valence electrons. The summed E-state index contributed by atoms with van der Waals surface area (Å²) in [5.74, 6) is 0.790. The Morgan fingerprint density at radius 2 is 1.95 bits per heavy atom. The summed E-state index contributed by atoms with van der Waals surface area (Å²) in [5.41, 5.74) is 7.19. The molecule has 1 aromatic heterocycles. The fourth-order valence-electron chi connectivity index (χ4n) is 1.85. The number of non-ortho nitro benzene ring substituents is 1. The molecule has 2 aromatic rings. The molecule has 0 aliphatic carbocycles. The van der Waals surface area contributed by atoms with Gasteiger partial charge in [0.05, 0.1) is 14.2 Å². The molecule has 7 heteroatoms. The van der Waals surface area contributed by atoms with Gasteiger partial charge in [0.25, 0.3) is 5.69 Å². The SMILES string of the molecule is CC(C)(C)c1nc(-c2cccc([N+](=O)[O-])c2)nc(N)c1I. The zero-order valence-electron chi connectivity index (χ0n) is 11.9. The highest BCUT2D eigenvalue weighted by atomic mass is 127. The molecule has 0 fully saturated rings. The summed E-state index contributed by atoms with van der Waals surface area (Å²) < 4.78 is 0.814. The van der Waals surface area contributed by atoms with Gasteiger partial charge >= 0.3 is 0 Å². The van der Waals surface area contributed by atoms with E-state index >= 15 is 0 Å². The third kappa shape index (κ3) is 3.29. The molecule has 0 saturated carbocycles. The molecule has 0 radical (unpaired) electrons. The molecular weight excluding hydrogens is 383 g/mol. The van der Waals surface area contributed by atoms with Gasteiger partial charge in [-0.2, -0.15) is 0 Å². The lowest BCUT2D eigenvalue weighted by atomic mass is 9.92. The van der Waals surface area contributed by atoms with Gasteiger partial charge in [0.15, 0.2) is 5.82 Å². The first-order valence-electron chi connectivity index (χ1n) is 6.28. The Bertz CT molecular complexity index is 711. The number of nitrogens with two attached hydrogens (primary N) is 1. The molecule has 2 rings (SSSR count). The summed E-state index contributed by atoms with van der Waals surface area (Å²) in [4.78, 5) is 19.2. The van der Waals surface area contributed by atoms with Gasteiger partial charge in [-0.15, -0.1) is 0 Å². The van der Waals surface area contributed by atoms with Crippen molar-refractivity contribution in [3.63, 3.8) is 0 Å². The third-order valence-corrected chi connectivity index (χ3v) is 3.97. The minimum atomic E-state index is -0.440. The van der Waals surface area contributed by atoms with Gasteiger partial charge in [-0.3, -0.25) is 10.1 Å². The Balaban J connectivity index is 2.63. The van der Waals surface area contributed by atoms with Gasteiger partial charge in [0, 0.05) is 23.1 Å². The van der Waals surface area contributed by atoms with Crippen molar-refractivity contribution in [1.29, 1.82) is 0 Å². The molecule has 0 aliphatic heterocycles. The van der Waals surface area contributed by atoms with E-state index in [0.717, 1.165) is 9.26 Å². The Kier molecular flexibility index (Phi) is 4.13. The normalized spacial score (nSPS) is 11.4. The number of anilines is 1. The summed E-state index contributed by atoms with van der Waals surface area (Å²) in [6.07, 6.45) is 0. The number of hydrogen-bond acceptors (Lipinski definition) is 5. The zero-order valence-corrected chi connectivity index (χ0v) is 14.1. The Morgan fingerprint density at radius 1 is 1.29 bits per heavy atom. The summed E-state index contributed by atoms with van der Waals surface area (Å²) >= 11 is 2.13. The fraction of sp³-hybridized carbons (Fsp3) is 0.286. The summed E-state index contributed by atoms with van der Waals surface area (Å²) in [6, 6.07) is 6.24. The number of hydrogen-bond donors (Lipinski definition) is 1. The number of nitro benzene ring substituents is 1. The molecule has 6 nitrogen and oxygen atoms in total. The average molecular weight is 398 g/mol. The minimum absolute atomic E-state index is 0.00512. The highest BCUT2D eigenvalue weighted by molar-refractivity contribution is 14.1. The molecule has 0 atom stereocenters. The van der Waals surface area contributed by atoms with Gasteiger partial charge < -0.3 is 5.73 Å².